The molecule has 1 amide bonds. The van der Waals surface area contributed by atoms with Crippen LogP contribution in [0.4, 0.5) is 0 Å². The van der Waals surface area contributed by atoms with E-state index in [4.69, 9.17) is 21.3 Å². The number of rotatable bonds is 7. The zero-order chi connectivity index (χ0) is 18.9. The van der Waals surface area contributed by atoms with Crippen molar-refractivity contribution >= 4 is 29.4 Å². The molecule has 0 saturated heterocycles. The number of benzene rings is 2. The number of hydrogen-bond donors (Lipinski definition) is 1. The Labute approximate surface area is 157 Å². The normalized spacial score (nSPS) is 11.5. The number of aryl methyl sites for hydroxylation is 1. The fraction of sp³-hybridized carbons (Fsp3) is 0.211. The number of nitrogens with one attached hydrogen (secondary N) is 1. The molecule has 0 bridgehead atoms. The molecule has 0 aliphatic rings. The average Bonchev–Trinajstić information content (AvgIpc) is 2.65. The van der Waals surface area contributed by atoms with Crippen molar-refractivity contribution in [3.63, 3.8) is 0 Å². The van der Waals surface area contributed by atoms with Crippen LogP contribution >= 0.6 is 11.6 Å². The molecule has 26 heavy (non-hydrogen) atoms. The van der Waals surface area contributed by atoms with Gasteiger partial charge in [-0.3, -0.25) is 4.79 Å². The van der Waals surface area contributed by atoms with Gasteiger partial charge in [0.1, 0.15) is 13.7 Å². The maximum Gasteiger partial charge on any atom is 0.273 e. The lowest BCUT2D eigenvalue weighted by molar-refractivity contribution is -0.114. The van der Waals surface area contributed by atoms with Gasteiger partial charge in [0, 0.05) is 23.2 Å². The number of likely N-dealkylation sites (N-methyl/N-ethyl adjacent to an activating group) is 1. The summed E-state index contributed by atoms with van der Waals surface area (Å²) in [7, 11) is 2.93. The Bertz CT molecular complexity index is 817. The summed E-state index contributed by atoms with van der Waals surface area (Å²) in [4.78, 5) is 22.3. The lowest BCUT2D eigenvalue weighted by Crippen LogP contribution is -2.29. The molecule has 0 heterocycles. The lowest BCUT2D eigenvalue weighted by atomic mass is 9.98. The van der Waals surface area contributed by atoms with E-state index in [2.05, 4.69) is 15.6 Å². The van der Waals surface area contributed by atoms with Gasteiger partial charge in [-0.25, -0.2) is 0 Å². The van der Waals surface area contributed by atoms with Crippen molar-refractivity contribution in [1.29, 1.82) is 0 Å². The number of carbonyl (C=O) groups is 1. The third kappa shape index (κ3) is 5.07. The van der Waals surface area contributed by atoms with Crippen molar-refractivity contribution in [3.05, 3.63) is 69.7 Å². The second kappa shape index (κ2) is 9.58. The van der Waals surface area contributed by atoms with Crippen molar-refractivity contribution in [2.75, 3.05) is 14.2 Å². The van der Waals surface area contributed by atoms with Crippen LogP contribution in [0.2, 0.25) is 5.02 Å². The van der Waals surface area contributed by atoms with Crippen LogP contribution in [0.15, 0.2) is 52.8 Å². The van der Waals surface area contributed by atoms with E-state index >= 15 is 0 Å². The van der Waals surface area contributed by atoms with Crippen LogP contribution in [-0.2, 0) is 21.1 Å². The fourth-order valence-corrected chi connectivity index (χ4v) is 2.41. The van der Waals surface area contributed by atoms with E-state index in [9.17, 15) is 4.79 Å². The number of oxime groups is 2. The quantitative estimate of drug-likeness (QED) is 0.598. The highest BCUT2D eigenvalue weighted by molar-refractivity contribution is 6.45. The zero-order valence-electron chi connectivity index (χ0n) is 14.8. The Hall–Kier alpha value is -2.86. The minimum atomic E-state index is -0.344. The van der Waals surface area contributed by atoms with E-state index in [1.807, 2.05) is 31.2 Å². The van der Waals surface area contributed by atoms with Crippen LogP contribution in [0.25, 0.3) is 0 Å². The van der Waals surface area contributed by atoms with Gasteiger partial charge in [0.05, 0.1) is 6.21 Å². The standard InChI is InChI=1S/C19H20ClN3O3/c1-13-5-4-6-16(18(23-25-3)19(24)21-2)17(13)12-26-22-11-14-7-9-15(20)10-8-14/h4-11H,12H2,1-3H3,(H,21,24)/b22-11+,23-18+. The summed E-state index contributed by atoms with van der Waals surface area (Å²) in [6.07, 6.45) is 1.59. The molecule has 6 nitrogen and oxygen atoms in total. The molecule has 2 rings (SSSR count). The Morgan fingerprint density at radius 3 is 2.62 bits per heavy atom. The molecule has 0 aliphatic carbocycles. The predicted octanol–water partition coefficient (Wildman–Crippen LogP) is 3.30. The monoisotopic (exact) mass is 373 g/mol. The molecule has 0 saturated carbocycles. The third-order valence-electron chi connectivity index (χ3n) is 3.65. The number of nitrogens with zero attached hydrogens (tertiary/aromatic N) is 2. The van der Waals surface area contributed by atoms with E-state index in [1.165, 1.54) is 14.2 Å². The topological polar surface area (TPSA) is 72.3 Å². The maximum absolute atomic E-state index is 12.1. The summed E-state index contributed by atoms with van der Waals surface area (Å²) < 4.78 is 0. The third-order valence-corrected chi connectivity index (χ3v) is 3.90. The Morgan fingerprint density at radius 2 is 1.96 bits per heavy atom. The Balaban J connectivity index is 2.19. The highest BCUT2D eigenvalue weighted by Gasteiger charge is 2.19. The summed E-state index contributed by atoms with van der Waals surface area (Å²) >= 11 is 5.85. The van der Waals surface area contributed by atoms with Crippen LogP contribution < -0.4 is 5.32 Å². The summed E-state index contributed by atoms with van der Waals surface area (Å²) in [5.41, 5.74) is 3.44. The molecule has 0 spiro atoms. The molecule has 2 aromatic carbocycles. The fourth-order valence-electron chi connectivity index (χ4n) is 2.29. The highest BCUT2D eigenvalue weighted by atomic mass is 35.5. The molecular weight excluding hydrogens is 354 g/mol. The van der Waals surface area contributed by atoms with Gasteiger partial charge < -0.3 is 15.0 Å². The summed E-state index contributed by atoms with van der Waals surface area (Å²) in [5, 5.41) is 11.0. The molecule has 0 fully saturated rings. The van der Waals surface area contributed by atoms with Gasteiger partial charge in [-0.15, -0.1) is 0 Å². The summed E-state index contributed by atoms with van der Waals surface area (Å²) in [6, 6.07) is 12.8. The first-order chi connectivity index (χ1) is 12.6. The van der Waals surface area contributed by atoms with Crippen molar-refractivity contribution in [1.82, 2.24) is 5.32 Å². The molecule has 136 valence electrons. The minimum Gasteiger partial charge on any atom is -0.398 e. The second-order valence-corrected chi connectivity index (χ2v) is 5.80. The van der Waals surface area contributed by atoms with Crippen molar-refractivity contribution in [2.45, 2.75) is 13.5 Å². The molecule has 0 unspecified atom stereocenters. The first-order valence-electron chi connectivity index (χ1n) is 7.89. The van der Waals surface area contributed by atoms with E-state index in [-0.39, 0.29) is 18.2 Å². The molecule has 0 aromatic heterocycles. The van der Waals surface area contributed by atoms with Gasteiger partial charge >= 0.3 is 0 Å². The Morgan fingerprint density at radius 1 is 1.23 bits per heavy atom. The number of halogens is 1. The first kappa shape index (κ1) is 19.5. The van der Waals surface area contributed by atoms with E-state index in [0.29, 0.717) is 10.6 Å². The van der Waals surface area contributed by atoms with E-state index in [0.717, 1.165) is 16.7 Å². The van der Waals surface area contributed by atoms with Gasteiger partial charge in [0.25, 0.3) is 5.91 Å². The minimum absolute atomic E-state index is 0.180. The zero-order valence-corrected chi connectivity index (χ0v) is 15.6. The molecule has 1 N–H and O–H groups in total. The van der Waals surface area contributed by atoms with Crippen molar-refractivity contribution < 1.29 is 14.5 Å². The number of carbonyl (C=O) groups excluding carboxylic acids is 1. The molecule has 0 radical (unpaired) electrons. The summed E-state index contributed by atoms with van der Waals surface area (Å²) in [6.45, 7) is 2.12. The van der Waals surface area contributed by atoms with Crippen molar-refractivity contribution in [3.8, 4) is 0 Å². The van der Waals surface area contributed by atoms with E-state index < -0.39 is 0 Å². The van der Waals surface area contributed by atoms with Crippen LogP contribution in [0.5, 0.6) is 0 Å². The maximum atomic E-state index is 12.1. The number of hydrogen-bond acceptors (Lipinski definition) is 5. The molecule has 7 heteroatoms. The van der Waals surface area contributed by atoms with Gasteiger partial charge in [-0.1, -0.05) is 52.2 Å². The van der Waals surface area contributed by atoms with Crippen LogP contribution in [0, 0.1) is 6.92 Å². The molecular formula is C19H20ClN3O3. The molecule has 0 aliphatic heterocycles. The van der Waals surface area contributed by atoms with E-state index in [1.54, 1.807) is 24.4 Å². The smallest absolute Gasteiger partial charge is 0.273 e. The van der Waals surface area contributed by atoms with Gasteiger partial charge in [-0.2, -0.15) is 0 Å². The second-order valence-electron chi connectivity index (χ2n) is 5.36. The van der Waals surface area contributed by atoms with Gasteiger partial charge in [0.15, 0.2) is 5.71 Å². The molecule has 0 atom stereocenters. The Kier molecular flexibility index (Phi) is 7.17. The van der Waals surface area contributed by atoms with Crippen molar-refractivity contribution in [2.24, 2.45) is 10.3 Å². The number of amides is 1. The summed E-state index contributed by atoms with van der Waals surface area (Å²) in [5.74, 6) is -0.344. The predicted molar refractivity (Wildman–Crippen MR) is 103 cm³/mol. The first-order valence-corrected chi connectivity index (χ1v) is 8.27. The largest absolute Gasteiger partial charge is 0.398 e. The average molecular weight is 374 g/mol. The van der Waals surface area contributed by atoms with Crippen LogP contribution in [0.3, 0.4) is 0 Å². The lowest BCUT2D eigenvalue weighted by Gasteiger charge is -2.12. The van der Waals surface area contributed by atoms with Crippen LogP contribution in [-0.4, -0.2) is 32.0 Å². The van der Waals surface area contributed by atoms with Gasteiger partial charge in [-0.05, 0) is 30.2 Å². The SMILES string of the molecule is CNC(=O)/C(=N/OC)c1cccc(C)c1CO/N=C/c1ccc(Cl)cc1. The highest BCUT2D eigenvalue weighted by Crippen LogP contribution is 2.17. The van der Waals surface area contributed by atoms with Gasteiger partial charge in [0.2, 0.25) is 0 Å². The van der Waals surface area contributed by atoms with Crippen LogP contribution in [0.1, 0.15) is 22.3 Å². The molecule has 2 aromatic rings.